The summed E-state index contributed by atoms with van der Waals surface area (Å²) in [4.78, 5) is 28.1. The van der Waals surface area contributed by atoms with Crippen LogP contribution in [0.2, 0.25) is 0 Å². The lowest BCUT2D eigenvalue weighted by Crippen LogP contribution is -2.41. The molecule has 3 aromatic rings. The Morgan fingerprint density at radius 1 is 0.667 bits per heavy atom. The van der Waals surface area contributed by atoms with Gasteiger partial charge in [-0.05, 0) is 63.9 Å². The van der Waals surface area contributed by atoms with Gasteiger partial charge in [-0.2, -0.15) is 13.2 Å². The highest BCUT2D eigenvalue weighted by molar-refractivity contribution is 5.98. The second kappa shape index (κ2) is 13.1. The molecule has 1 aliphatic rings. The van der Waals surface area contributed by atoms with E-state index in [-0.39, 0.29) is 11.5 Å². The molecule has 1 N–H and O–H groups in total. The van der Waals surface area contributed by atoms with Gasteiger partial charge in [0.25, 0.3) is 0 Å². The zero-order chi connectivity index (χ0) is 33.2. The van der Waals surface area contributed by atoms with E-state index in [9.17, 15) is 27.9 Å². The van der Waals surface area contributed by atoms with Gasteiger partial charge in [0.05, 0.1) is 11.7 Å². The molecule has 0 radical (unpaired) electrons. The average molecular weight is 621 g/mol. The molecule has 0 amide bonds. The van der Waals surface area contributed by atoms with Crippen molar-refractivity contribution in [3.05, 3.63) is 119 Å². The van der Waals surface area contributed by atoms with Crippen LogP contribution in [0.1, 0.15) is 58.6 Å². The number of aliphatic hydroxyl groups excluding tert-OH is 1. The van der Waals surface area contributed by atoms with E-state index in [1.807, 2.05) is 53.7 Å². The first-order chi connectivity index (χ1) is 21.0. The number of rotatable bonds is 7. The molecule has 1 atom stereocenters. The zero-order valence-electron chi connectivity index (χ0n) is 26.3. The smallest absolute Gasteiger partial charge is 0.416 e. The zero-order valence-corrected chi connectivity index (χ0v) is 26.3. The van der Waals surface area contributed by atoms with E-state index in [1.165, 1.54) is 12.1 Å². The Bertz CT molecular complexity index is 1460. The Labute approximate surface area is 262 Å². The SMILES string of the molecule is CC(C)(C)C1=CC([C@@H](c2ccc(C(F)(F)F)cc2)C(C(=O)Oc2ccccc2)C(=O)Oc2ccccc2)C=C(C(C)(C)C)C1O. The standard InChI is InChI=1S/C37H39F3O5/c1-35(2,3)28-21-24(22-29(32(28)41)36(4,5)6)30(23-17-19-25(20-18-23)37(38,39)40)31(33(42)44-26-13-9-7-10-14-26)34(43)45-27-15-11-8-12-16-27/h7-22,24,30-32,41H,1-6H3/t24?,30-,32?/m1/s1. The fourth-order valence-electron chi connectivity index (χ4n) is 5.60. The van der Waals surface area contributed by atoms with Gasteiger partial charge in [-0.15, -0.1) is 0 Å². The predicted octanol–water partition coefficient (Wildman–Crippen LogP) is 8.55. The summed E-state index contributed by atoms with van der Waals surface area (Å²) >= 11 is 0. The topological polar surface area (TPSA) is 72.8 Å². The number of hydrogen-bond acceptors (Lipinski definition) is 5. The molecule has 0 aromatic heterocycles. The number of para-hydroxylation sites is 2. The molecule has 0 aliphatic heterocycles. The minimum atomic E-state index is -4.58. The van der Waals surface area contributed by atoms with Gasteiger partial charge in [-0.3, -0.25) is 9.59 Å². The number of benzene rings is 3. The molecule has 0 unspecified atom stereocenters. The van der Waals surface area contributed by atoms with Crippen molar-refractivity contribution >= 4 is 11.9 Å². The summed E-state index contributed by atoms with van der Waals surface area (Å²) in [5, 5.41) is 11.5. The lowest BCUT2D eigenvalue weighted by molar-refractivity contribution is -0.153. The van der Waals surface area contributed by atoms with E-state index in [2.05, 4.69) is 0 Å². The normalized spacial score (nSPS) is 18.1. The summed E-state index contributed by atoms with van der Waals surface area (Å²) in [5.74, 6) is -4.81. The largest absolute Gasteiger partial charge is 0.426 e. The van der Waals surface area contributed by atoms with E-state index >= 15 is 0 Å². The molecule has 0 saturated heterocycles. The second-order valence-corrected chi connectivity index (χ2v) is 13.3. The quantitative estimate of drug-likeness (QED) is 0.124. The van der Waals surface area contributed by atoms with Crippen molar-refractivity contribution in [1.29, 1.82) is 0 Å². The molecule has 0 spiro atoms. The fraction of sp³-hybridized carbons (Fsp3) is 0.351. The van der Waals surface area contributed by atoms with Crippen LogP contribution in [-0.2, 0) is 15.8 Å². The number of aliphatic hydroxyl groups is 1. The van der Waals surface area contributed by atoms with Crippen molar-refractivity contribution in [2.24, 2.45) is 22.7 Å². The molecule has 0 heterocycles. The average Bonchev–Trinajstić information content (AvgIpc) is 2.95. The second-order valence-electron chi connectivity index (χ2n) is 13.3. The minimum Gasteiger partial charge on any atom is -0.426 e. The summed E-state index contributed by atoms with van der Waals surface area (Å²) in [5.41, 5.74) is -0.253. The Balaban J connectivity index is 1.95. The summed E-state index contributed by atoms with van der Waals surface area (Å²) < 4.78 is 52.2. The summed E-state index contributed by atoms with van der Waals surface area (Å²) in [6.07, 6.45) is -1.87. The number of carbonyl (C=O) groups is 2. The first-order valence-corrected chi connectivity index (χ1v) is 14.8. The van der Waals surface area contributed by atoms with Crippen LogP contribution in [0, 0.1) is 22.7 Å². The number of ether oxygens (including phenoxy) is 2. The van der Waals surface area contributed by atoms with Crippen molar-refractivity contribution in [3.8, 4) is 11.5 Å². The monoisotopic (exact) mass is 620 g/mol. The van der Waals surface area contributed by atoms with Crippen LogP contribution in [-0.4, -0.2) is 23.1 Å². The van der Waals surface area contributed by atoms with Crippen LogP contribution >= 0.6 is 0 Å². The first kappa shape index (κ1) is 33.7. The van der Waals surface area contributed by atoms with Crippen LogP contribution in [0.3, 0.4) is 0 Å². The molecule has 5 nitrogen and oxygen atoms in total. The molecule has 45 heavy (non-hydrogen) atoms. The molecule has 1 aliphatic carbocycles. The molecule has 3 aromatic carbocycles. The maximum absolute atomic E-state index is 14.1. The molecule has 238 valence electrons. The predicted molar refractivity (Wildman–Crippen MR) is 166 cm³/mol. The third-order valence-corrected chi connectivity index (χ3v) is 7.89. The van der Waals surface area contributed by atoms with Gasteiger partial charge in [0, 0.05) is 11.8 Å². The highest BCUT2D eigenvalue weighted by Crippen LogP contribution is 2.47. The number of hydrogen-bond donors (Lipinski definition) is 1. The van der Waals surface area contributed by atoms with Crippen molar-refractivity contribution in [2.45, 2.75) is 59.7 Å². The Hall–Kier alpha value is -4.17. The number of alkyl halides is 3. The molecule has 8 heteroatoms. The minimum absolute atomic E-state index is 0.196. The number of halogens is 3. The van der Waals surface area contributed by atoms with Gasteiger partial charge >= 0.3 is 18.1 Å². The van der Waals surface area contributed by atoms with Gasteiger partial charge in [-0.25, -0.2) is 0 Å². The van der Waals surface area contributed by atoms with Crippen LogP contribution in [0.25, 0.3) is 0 Å². The first-order valence-electron chi connectivity index (χ1n) is 14.8. The Kier molecular flexibility index (Phi) is 9.78. The third-order valence-electron chi connectivity index (χ3n) is 7.89. The summed E-state index contributed by atoms with van der Waals surface area (Å²) in [6.45, 7) is 11.7. The maximum Gasteiger partial charge on any atom is 0.416 e. The van der Waals surface area contributed by atoms with Crippen LogP contribution in [0.15, 0.2) is 108 Å². The van der Waals surface area contributed by atoms with Gasteiger partial charge in [0.15, 0.2) is 5.92 Å². The van der Waals surface area contributed by atoms with Crippen molar-refractivity contribution < 1.29 is 37.3 Å². The summed E-state index contributed by atoms with van der Waals surface area (Å²) in [6, 6.07) is 20.9. The third kappa shape index (κ3) is 8.11. The number of carbonyl (C=O) groups excluding carboxylic acids is 2. The molecule has 0 fully saturated rings. The maximum atomic E-state index is 14.1. The van der Waals surface area contributed by atoms with E-state index < -0.39 is 58.4 Å². The van der Waals surface area contributed by atoms with Gasteiger partial charge in [-0.1, -0.05) is 102 Å². The van der Waals surface area contributed by atoms with Gasteiger partial charge < -0.3 is 14.6 Å². The molecular formula is C37H39F3O5. The lowest BCUT2D eigenvalue weighted by atomic mass is 9.65. The lowest BCUT2D eigenvalue weighted by Gasteiger charge is -2.41. The highest BCUT2D eigenvalue weighted by atomic mass is 19.4. The van der Waals surface area contributed by atoms with Crippen molar-refractivity contribution in [2.75, 3.05) is 0 Å². The molecular weight excluding hydrogens is 581 g/mol. The fourth-order valence-corrected chi connectivity index (χ4v) is 5.60. The Morgan fingerprint density at radius 2 is 1.07 bits per heavy atom. The number of allylic oxidation sites excluding steroid dienone is 2. The molecule has 4 rings (SSSR count). The van der Waals surface area contributed by atoms with Crippen LogP contribution in [0.4, 0.5) is 13.2 Å². The molecule has 0 saturated carbocycles. The summed E-state index contributed by atoms with van der Waals surface area (Å²) in [7, 11) is 0. The molecule has 0 bridgehead atoms. The van der Waals surface area contributed by atoms with E-state index in [0.717, 1.165) is 12.1 Å². The van der Waals surface area contributed by atoms with Gasteiger partial charge in [0.1, 0.15) is 11.5 Å². The van der Waals surface area contributed by atoms with Crippen molar-refractivity contribution in [3.63, 3.8) is 0 Å². The Morgan fingerprint density at radius 3 is 1.42 bits per heavy atom. The van der Waals surface area contributed by atoms with Crippen LogP contribution in [0.5, 0.6) is 11.5 Å². The van der Waals surface area contributed by atoms with E-state index in [4.69, 9.17) is 9.47 Å². The van der Waals surface area contributed by atoms with Gasteiger partial charge in [0.2, 0.25) is 0 Å². The number of esters is 2. The van der Waals surface area contributed by atoms with Crippen molar-refractivity contribution in [1.82, 2.24) is 0 Å². The van der Waals surface area contributed by atoms with Crippen LogP contribution < -0.4 is 9.47 Å². The highest BCUT2D eigenvalue weighted by Gasteiger charge is 2.46. The van der Waals surface area contributed by atoms with E-state index in [1.54, 1.807) is 60.7 Å². The van der Waals surface area contributed by atoms with E-state index in [0.29, 0.717) is 16.7 Å².